The van der Waals surface area contributed by atoms with Gasteiger partial charge in [-0.2, -0.15) is 0 Å². The van der Waals surface area contributed by atoms with Gasteiger partial charge in [-0.05, 0) is 38.2 Å². The molecule has 0 spiro atoms. The molecule has 6 nitrogen and oxygen atoms in total. The highest BCUT2D eigenvalue weighted by molar-refractivity contribution is 6.00. The largest absolute Gasteiger partial charge is 0.449 e. The first kappa shape index (κ1) is 21.8. The van der Waals surface area contributed by atoms with E-state index in [4.69, 9.17) is 9.40 Å². The van der Waals surface area contributed by atoms with Crippen LogP contribution in [0.25, 0.3) is 11.1 Å². The Balaban J connectivity index is 1.77. The number of hydrogen-bond donors (Lipinski definition) is 1. The molecule has 2 aliphatic rings. The van der Waals surface area contributed by atoms with Crippen molar-refractivity contribution >= 4 is 22.9 Å². The quantitative estimate of drug-likeness (QED) is 0.694. The molecule has 1 N–H and O–H groups in total. The maximum absolute atomic E-state index is 13.3. The molecule has 0 bridgehead atoms. The fourth-order valence-corrected chi connectivity index (χ4v) is 4.88. The van der Waals surface area contributed by atoms with E-state index in [1.54, 1.807) is 24.8 Å². The number of fused-ring (bicyclic) bond motifs is 1. The summed E-state index contributed by atoms with van der Waals surface area (Å²) in [7, 11) is 0. The number of hydrogen-bond acceptors (Lipinski definition) is 4. The molecule has 2 aromatic heterocycles. The van der Waals surface area contributed by atoms with Gasteiger partial charge in [0, 0.05) is 36.3 Å². The van der Waals surface area contributed by atoms with Crippen LogP contribution in [-0.4, -0.2) is 40.3 Å². The number of nitrogens with one attached hydrogen (secondary N) is 1. The summed E-state index contributed by atoms with van der Waals surface area (Å²) < 4.78 is 6.15. The minimum Gasteiger partial charge on any atom is -0.449 e. The molecular formula is C25H35N3O3. The van der Waals surface area contributed by atoms with Crippen molar-refractivity contribution in [3.63, 3.8) is 0 Å². The first-order chi connectivity index (χ1) is 14.6. The van der Waals surface area contributed by atoms with E-state index in [9.17, 15) is 9.59 Å². The summed E-state index contributed by atoms with van der Waals surface area (Å²) in [6.45, 7) is 10.9. The fourth-order valence-electron chi connectivity index (χ4n) is 4.88. The van der Waals surface area contributed by atoms with E-state index in [1.165, 1.54) is 38.5 Å². The van der Waals surface area contributed by atoms with Crippen LogP contribution in [0.1, 0.15) is 101 Å². The Morgan fingerprint density at radius 1 is 1.16 bits per heavy atom. The van der Waals surface area contributed by atoms with Gasteiger partial charge in [0.1, 0.15) is 11.1 Å². The minimum atomic E-state index is -0.917. The van der Waals surface area contributed by atoms with Crippen molar-refractivity contribution in [1.29, 1.82) is 0 Å². The lowest BCUT2D eigenvalue weighted by Gasteiger charge is -2.40. The average molecular weight is 426 g/mol. The first-order valence-electron chi connectivity index (χ1n) is 11.6. The fraction of sp³-hybridized carbons (Fsp3) is 0.640. The van der Waals surface area contributed by atoms with Crippen LogP contribution >= 0.6 is 0 Å². The van der Waals surface area contributed by atoms with E-state index in [0.717, 1.165) is 16.8 Å². The molecule has 3 heterocycles. The Bertz CT molecular complexity index is 991. The second kappa shape index (κ2) is 7.95. The average Bonchev–Trinajstić information content (AvgIpc) is 2.94. The molecule has 1 saturated carbocycles. The predicted octanol–water partition coefficient (Wildman–Crippen LogP) is 4.91. The maximum atomic E-state index is 13.3. The van der Waals surface area contributed by atoms with Crippen molar-refractivity contribution < 1.29 is 14.0 Å². The zero-order chi connectivity index (χ0) is 22.4. The molecule has 1 aliphatic carbocycles. The first-order valence-corrected chi connectivity index (χ1v) is 11.6. The Labute approximate surface area is 184 Å². The molecule has 31 heavy (non-hydrogen) atoms. The van der Waals surface area contributed by atoms with Crippen LogP contribution in [0.15, 0.2) is 16.5 Å². The van der Waals surface area contributed by atoms with E-state index in [1.807, 2.05) is 0 Å². The van der Waals surface area contributed by atoms with Crippen LogP contribution in [-0.2, 0) is 10.2 Å². The zero-order valence-electron chi connectivity index (χ0n) is 19.5. The lowest BCUT2D eigenvalue weighted by Crippen LogP contribution is -2.63. The molecule has 0 unspecified atom stereocenters. The van der Waals surface area contributed by atoms with Crippen LogP contribution in [0.2, 0.25) is 0 Å². The molecule has 0 aromatic carbocycles. The van der Waals surface area contributed by atoms with Crippen LogP contribution in [0.3, 0.4) is 0 Å². The van der Waals surface area contributed by atoms with Gasteiger partial charge in [0.2, 0.25) is 5.91 Å². The number of carbonyl (C=O) groups is 2. The molecule has 6 heteroatoms. The number of amides is 2. The molecule has 168 valence electrons. The molecule has 1 saturated heterocycles. The third-order valence-corrected chi connectivity index (χ3v) is 6.89. The van der Waals surface area contributed by atoms with E-state index in [0.29, 0.717) is 24.6 Å². The number of aromatic nitrogens is 1. The van der Waals surface area contributed by atoms with E-state index in [-0.39, 0.29) is 23.0 Å². The maximum Gasteiger partial charge on any atom is 0.290 e. The molecule has 0 atom stereocenters. The summed E-state index contributed by atoms with van der Waals surface area (Å²) >= 11 is 0. The highest BCUT2D eigenvalue weighted by Crippen LogP contribution is 2.37. The number of pyridine rings is 1. The number of furan rings is 1. The van der Waals surface area contributed by atoms with Crippen LogP contribution in [0.5, 0.6) is 0 Å². The number of rotatable bonds is 2. The number of nitrogens with zero attached hydrogens (tertiary/aromatic N) is 2. The molecule has 2 fully saturated rings. The summed E-state index contributed by atoms with van der Waals surface area (Å²) in [6, 6.07) is 3.98. The molecule has 1 aliphatic heterocycles. The molecule has 2 aromatic rings. The van der Waals surface area contributed by atoms with Gasteiger partial charge in [0.05, 0.1) is 0 Å². The molecule has 0 radical (unpaired) electrons. The third kappa shape index (κ3) is 4.09. The normalized spacial score (nSPS) is 20.5. The molecule has 2 amide bonds. The smallest absolute Gasteiger partial charge is 0.290 e. The van der Waals surface area contributed by atoms with Crippen LogP contribution < -0.4 is 5.32 Å². The van der Waals surface area contributed by atoms with E-state index >= 15 is 0 Å². The summed E-state index contributed by atoms with van der Waals surface area (Å²) in [5.74, 6) is 0.321. The van der Waals surface area contributed by atoms with Crippen LogP contribution in [0, 0.1) is 0 Å². The monoisotopic (exact) mass is 425 g/mol. The Hall–Kier alpha value is -2.37. The van der Waals surface area contributed by atoms with Gasteiger partial charge in [0.25, 0.3) is 5.91 Å². The van der Waals surface area contributed by atoms with Gasteiger partial charge in [-0.3, -0.25) is 9.59 Å². The van der Waals surface area contributed by atoms with Crippen molar-refractivity contribution in [3.05, 3.63) is 29.2 Å². The van der Waals surface area contributed by atoms with Gasteiger partial charge in [-0.25, -0.2) is 4.98 Å². The summed E-state index contributed by atoms with van der Waals surface area (Å²) in [6.07, 6.45) is 7.43. The van der Waals surface area contributed by atoms with Crippen molar-refractivity contribution in [2.24, 2.45) is 0 Å². The van der Waals surface area contributed by atoms with Gasteiger partial charge in [-0.1, -0.05) is 46.5 Å². The van der Waals surface area contributed by atoms with Crippen molar-refractivity contribution in [2.75, 3.05) is 13.1 Å². The lowest BCUT2D eigenvalue weighted by molar-refractivity contribution is -0.133. The highest BCUT2D eigenvalue weighted by atomic mass is 16.3. The van der Waals surface area contributed by atoms with Gasteiger partial charge in [-0.15, -0.1) is 0 Å². The van der Waals surface area contributed by atoms with Crippen molar-refractivity contribution in [1.82, 2.24) is 15.2 Å². The summed E-state index contributed by atoms with van der Waals surface area (Å²) in [5, 5.41) is 2.84. The standard InChI is InChI=1S/C25H35N3O3/c1-24(2,3)17-14-18(16-10-8-6-7-9-11-16)27-19-15-20(31-21(17)19)22(29)28-13-12-26-23(30)25(28,4)5/h14-16H,6-13H2,1-5H3,(H,26,30). The van der Waals surface area contributed by atoms with E-state index < -0.39 is 5.54 Å². The van der Waals surface area contributed by atoms with Crippen LogP contribution in [0.4, 0.5) is 0 Å². The highest BCUT2D eigenvalue weighted by Gasteiger charge is 2.42. The number of piperazine rings is 1. The van der Waals surface area contributed by atoms with E-state index in [2.05, 4.69) is 32.2 Å². The third-order valence-electron chi connectivity index (χ3n) is 6.89. The second-order valence-corrected chi connectivity index (χ2v) is 10.6. The van der Waals surface area contributed by atoms with Gasteiger partial charge >= 0.3 is 0 Å². The summed E-state index contributed by atoms with van der Waals surface area (Å²) in [5.41, 5.74) is 2.59. The predicted molar refractivity (Wildman–Crippen MR) is 121 cm³/mol. The van der Waals surface area contributed by atoms with Gasteiger partial charge < -0.3 is 14.6 Å². The van der Waals surface area contributed by atoms with Crippen molar-refractivity contribution in [3.8, 4) is 0 Å². The second-order valence-electron chi connectivity index (χ2n) is 10.6. The Kier molecular flexibility index (Phi) is 5.61. The molecule has 4 rings (SSSR count). The van der Waals surface area contributed by atoms with Gasteiger partial charge in [0.15, 0.2) is 11.3 Å². The SMILES string of the molecule is CC(C)(C)c1cc(C2CCCCCC2)nc2cc(C(=O)N3CCNC(=O)C3(C)C)oc12. The molecular weight excluding hydrogens is 390 g/mol. The lowest BCUT2D eigenvalue weighted by atomic mass is 9.84. The number of carbonyl (C=O) groups excluding carboxylic acids is 2. The zero-order valence-corrected chi connectivity index (χ0v) is 19.5. The topological polar surface area (TPSA) is 75.4 Å². The van der Waals surface area contributed by atoms with Crippen molar-refractivity contribution in [2.45, 2.75) is 90.0 Å². The Morgan fingerprint density at radius 2 is 1.84 bits per heavy atom. The minimum absolute atomic E-state index is 0.136. The summed E-state index contributed by atoms with van der Waals surface area (Å²) in [4.78, 5) is 32.2. The Morgan fingerprint density at radius 3 is 2.48 bits per heavy atom.